The number of esters is 1. The van der Waals surface area contributed by atoms with Crippen LogP contribution in [0, 0.1) is 0 Å². The van der Waals surface area contributed by atoms with Crippen LogP contribution in [0.2, 0.25) is 0 Å². The highest BCUT2D eigenvalue weighted by atomic mass is 19.4. The summed E-state index contributed by atoms with van der Waals surface area (Å²) in [6.45, 7) is 2.63. The molecule has 0 spiro atoms. The number of carbonyl (C=O) groups excluding carboxylic acids is 2. The number of benzene rings is 4. The highest BCUT2D eigenvalue weighted by Crippen LogP contribution is 2.34. The minimum atomic E-state index is -5.17. The van der Waals surface area contributed by atoms with E-state index < -0.39 is 29.9 Å². The van der Waals surface area contributed by atoms with Crippen molar-refractivity contribution < 1.29 is 41.5 Å². The number of piperidine rings is 1. The predicted molar refractivity (Wildman–Crippen MR) is 236 cm³/mol. The minimum absolute atomic E-state index is 0.0521. The van der Waals surface area contributed by atoms with Crippen molar-refractivity contribution in [1.82, 2.24) is 10.3 Å². The van der Waals surface area contributed by atoms with Gasteiger partial charge in [0.15, 0.2) is 0 Å². The molecule has 13 heteroatoms. The molecule has 10 nitrogen and oxygen atoms in total. The highest BCUT2D eigenvalue weighted by Gasteiger charge is 2.42. The van der Waals surface area contributed by atoms with Crippen LogP contribution < -0.4 is 20.9 Å². The Morgan fingerprint density at radius 3 is 2.19 bits per heavy atom. The molecular weight excluding hydrogens is 798 g/mol. The molecule has 1 aliphatic heterocycles. The van der Waals surface area contributed by atoms with Gasteiger partial charge in [-0.15, -0.1) is 0 Å². The van der Waals surface area contributed by atoms with Gasteiger partial charge in [0.2, 0.25) is 5.56 Å². The maximum absolute atomic E-state index is 13.4. The van der Waals surface area contributed by atoms with Gasteiger partial charge < -0.3 is 29.0 Å². The molecule has 62 heavy (non-hydrogen) atoms. The molecule has 0 unspecified atom stereocenters. The summed E-state index contributed by atoms with van der Waals surface area (Å²) in [4.78, 5) is 40.1. The number of aromatic nitrogens is 1. The Morgan fingerprint density at radius 1 is 0.806 bits per heavy atom. The van der Waals surface area contributed by atoms with E-state index in [2.05, 4.69) is 47.9 Å². The summed E-state index contributed by atoms with van der Waals surface area (Å²) < 4.78 is 57.9. The summed E-state index contributed by atoms with van der Waals surface area (Å²) in [5, 5.41) is 6.64. The number of quaternary nitrogens is 1. The number of halogens is 3. The Bertz CT molecular complexity index is 2270. The fourth-order valence-corrected chi connectivity index (χ4v) is 7.86. The summed E-state index contributed by atoms with van der Waals surface area (Å²) in [6, 6.07) is 31.6. The van der Waals surface area contributed by atoms with Crippen molar-refractivity contribution in [2.45, 2.75) is 89.2 Å². The largest absolute Gasteiger partial charge is 0.490 e. The van der Waals surface area contributed by atoms with Crippen LogP contribution in [0.3, 0.4) is 0 Å². The molecule has 2 heterocycles. The second-order valence-corrected chi connectivity index (χ2v) is 16.7. The summed E-state index contributed by atoms with van der Waals surface area (Å²) >= 11 is 0. The van der Waals surface area contributed by atoms with Crippen LogP contribution in [0.1, 0.15) is 80.6 Å². The number of anilines is 1. The SMILES string of the molecule is C[N+]1(C)CCC(OC(=O)Nc2cc(CCCCCCCCCNC[C@@H](OC(=O)C(F)(F)F)c3ccc(OCc4ccccc4)c4[nH]c(=O)ccc34)ccc2-c2ccccc2)CC1. The highest BCUT2D eigenvalue weighted by molar-refractivity contribution is 5.92. The van der Waals surface area contributed by atoms with Gasteiger partial charge >= 0.3 is 18.2 Å². The zero-order chi connectivity index (χ0) is 44.0. The second kappa shape index (κ2) is 21.9. The molecule has 1 aromatic heterocycles. The van der Waals surface area contributed by atoms with E-state index in [9.17, 15) is 27.6 Å². The van der Waals surface area contributed by atoms with Gasteiger partial charge in [-0.05, 0) is 60.7 Å². The van der Waals surface area contributed by atoms with Gasteiger partial charge in [-0.3, -0.25) is 10.1 Å². The van der Waals surface area contributed by atoms with Crippen LogP contribution in [0.15, 0.2) is 108 Å². The van der Waals surface area contributed by atoms with Gasteiger partial charge in [0.25, 0.3) is 0 Å². The topological polar surface area (TPSA) is 119 Å². The summed E-state index contributed by atoms with van der Waals surface area (Å²) in [5.74, 6) is -1.94. The van der Waals surface area contributed by atoms with E-state index in [0.717, 1.165) is 110 Å². The van der Waals surface area contributed by atoms with Gasteiger partial charge in [-0.2, -0.15) is 13.2 Å². The average Bonchev–Trinajstić information content (AvgIpc) is 3.25. The third kappa shape index (κ3) is 13.7. The molecule has 1 fully saturated rings. The number of ether oxygens (including phenoxy) is 3. The number of hydrogen-bond acceptors (Lipinski definition) is 7. The molecule has 330 valence electrons. The number of nitrogens with zero attached hydrogens (tertiary/aromatic N) is 1. The van der Waals surface area contributed by atoms with Crippen molar-refractivity contribution in [1.29, 1.82) is 0 Å². The first-order chi connectivity index (χ1) is 29.8. The van der Waals surface area contributed by atoms with Crippen LogP contribution in [0.4, 0.5) is 23.7 Å². The number of likely N-dealkylation sites (tertiary alicyclic amines) is 1. The molecule has 1 atom stereocenters. The van der Waals surface area contributed by atoms with Crippen molar-refractivity contribution in [2.24, 2.45) is 0 Å². The van der Waals surface area contributed by atoms with Crippen LogP contribution in [-0.4, -0.2) is 74.1 Å². The zero-order valence-corrected chi connectivity index (χ0v) is 35.6. The van der Waals surface area contributed by atoms with Gasteiger partial charge in [-0.25, -0.2) is 9.59 Å². The van der Waals surface area contributed by atoms with E-state index in [-0.39, 0.29) is 19.3 Å². The first-order valence-corrected chi connectivity index (χ1v) is 21.6. The zero-order valence-electron chi connectivity index (χ0n) is 35.6. The number of pyridine rings is 1. The fraction of sp³-hybridized carbons (Fsp3) is 0.408. The van der Waals surface area contributed by atoms with Crippen molar-refractivity contribution in [2.75, 3.05) is 45.6 Å². The second-order valence-electron chi connectivity index (χ2n) is 16.7. The van der Waals surface area contributed by atoms with Crippen molar-refractivity contribution in [3.63, 3.8) is 0 Å². The molecule has 0 saturated carbocycles. The van der Waals surface area contributed by atoms with E-state index in [1.807, 2.05) is 60.7 Å². The smallest absolute Gasteiger partial charge is 0.487 e. The van der Waals surface area contributed by atoms with Crippen LogP contribution in [0.25, 0.3) is 22.0 Å². The van der Waals surface area contributed by atoms with E-state index in [1.54, 1.807) is 12.1 Å². The molecule has 1 saturated heterocycles. The van der Waals surface area contributed by atoms with Gasteiger partial charge in [-0.1, -0.05) is 111 Å². The van der Waals surface area contributed by atoms with Crippen LogP contribution >= 0.6 is 0 Å². The fourth-order valence-electron chi connectivity index (χ4n) is 7.86. The number of H-pyrrole nitrogens is 1. The maximum atomic E-state index is 13.4. The molecule has 0 radical (unpaired) electrons. The predicted octanol–water partition coefficient (Wildman–Crippen LogP) is 10.3. The summed E-state index contributed by atoms with van der Waals surface area (Å²) in [7, 11) is 4.40. The van der Waals surface area contributed by atoms with Gasteiger partial charge in [0.05, 0.1) is 38.4 Å². The summed E-state index contributed by atoms with van der Waals surface area (Å²) in [5.41, 5.74) is 4.97. The first kappa shape index (κ1) is 45.9. The third-order valence-corrected chi connectivity index (χ3v) is 11.4. The van der Waals surface area contributed by atoms with Gasteiger partial charge in [0.1, 0.15) is 24.6 Å². The van der Waals surface area contributed by atoms with E-state index in [1.165, 1.54) is 12.1 Å². The number of carbonyl (C=O) groups is 2. The Balaban J connectivity index is 0.949. The minimum Gasteiger partial charge on any atom is -0.487 e. The molecule has 6 rings (SSSR count). The number of rotatable bonds is 20. The standard InChI is InChI=1S/C49H57F3N4O6/c1-56(2)30-27-38(28-31-56)61-48(59)54-42-32-35(21-22-39(42)37-19-13-9-14-20-37)16-10-6-4-3-5-7-15-29-53-33-44(62-47(58)49(50,51)52)40-23-25-43(46-41(40)24-26-45(57)55-46)60-34-36-17-11-8-12-18-36/h8-9,11-14,17-26,32,38,44,53H,3-7,10,15-16,27-31,33-34H2,1-2H3,(H-,54,55,57,59)/p+1/t44-/m1/s1. The number of aromatic amines is 1. The van der Waals surface area contributed by atoms with E-state index in [4.69, 9.17) is 14.2 Å². The van der Waals surface area contributed by atoms with Crippen molar-refractivity contribution >= 4 is 28.7 Å². The Kier molecular flexibility index (Phi) is 16.2. The lowest BCUT2D eigenvalue weighted by molar-refractivity contribution is -0.896. The third-order valence-electron chi connectivity index (χ3n) is 11.4. The molecule has 0 aliphatic carbocycles. The maximum Gasteiger partial charge on any atom is 0.490 e. The normalized spacial score (nSPS) is 14.6. The Hall–Kier alpha value is -5.66. The van der Waals surface area contributed by atoms with E-state index >= 15 is 0 Å². The quantitative estimate of drug-likeness (QED) is 0.0405. The first-order valence-electron chi connectivity index (χ1n) is 21.6. The van der Waals surface area contributed by atoms with Crippen molar-refractivity contribution in [3.8, 4) is 16.9 Å². The lowest BCUT2D eigenvalue weighted by Gasteiger charge is -2.36. The van der Waals surface area contributed by atoms with Crippen LogP contribution in [-0.2, 0) is 27.3 Å². The number of alkyl halides is 3. The van der Waals surface area contributed by atoms with E-state index in [0.29, 0.717) is 28.8 Å². The summed E-state index contributed by atoms with van der Waals surface area (Å²) in [6.07, 6.45) is 2.56. The number of fused-ring (bicyclic) bond motifs is 1. The molecule has 4 aromatic carbocycles. The lowest BCUT2D eigenvalue weighted by Crippen LogP contribution is -2.48. The van der Waals surface area contributed by atoms with Crippen LogP contribution in [0.5, 0.6) is 5.75 Å². The van der Waals surface area contributed by atoms with Gasteiger partial charge in [0, 0.05) is 42.0 Å². The number of hydrogen-bond donors (Lipinski definition) is 3. The molecule has 3 N–H and O–H groups in total. The molecule has 1 amide bonds. The Labute approximate surface area is 361 Å². The molecule has 5 aromatic rings. The monoisotopic (exact) mass is 855 g/mol. The van der Waals surface area contributed by atoms with Crippen molar-refractivity contribution in [3.05, 3.63) is 130 Å². The number of unbranched alkanes of at least 4 members (excludes halogenated alkanes) is 6. The number of aryl methyl sites for hydroxylation is 1. The molecule has 0 bridgehead atoms. The lowest BCUT2D eigenvalue weighted by atomic mass is 9.98. The molecule has 1 aliphatic rings. The number of nitrogens with one attached hydrogen (secondary N) is 3. The average molecular weight is 856 g/mol. The Morgan fingerprint density at radius 2 is 1.48 bits per heavy atom. The molecular formula is C49H58F3N4O6+. The number of amides is 1.